The Balaban J connectivity index is 2.36. The van der Waals surface area contributed by atoms with Crippen LogP contribution >= 0.6 is 11.6 Å². The molecular weight excluding hydrogens is 184 g/mol. The second-order valence-electron chi connectivity index (χ2n) is 3.42. The van der Waals surface area contributed by atoms with Gasteiger partial charge in [-0.05, 0) is 24.3 Å². The molecule has 68 valence electrons. The van der Waals surface area contributed by atoms with Gasteiger partial charge in [-0.2, -0.15) is 0 Å². The molecule has 1 fully saturated rings. The second kappa shape index (κ2) is 3.51. The van der Waals surface area contributed by atoms with Crippen molar-refractivity contribution >= 4 is 17.4 Å². The lowest BCUT2D eigenvalue weighted by Gasteiger charge is -2.04. The second-order valence-corrected chi connectivity index (χ2v) is 3.69. The van der Waals surface area contributed by atoms with E-state index in [9.17, 15) is 4.79 Å². The first-order chi connectivity index (χ1) is 6.33. The molecule has 1 aliphatic rings. The lowest BCUT2D eigenvalue weighted by molar-refractivity contribution is 0.102. The van der Waals surface area contributed by atoms with E-state index in [4.69, 9.17) is 11.6 Å². The van der Waals surface area contributed by atoms with Crippen LogP contribution in [-0.4, -0.2) is 11.7 Å². The Labute approximate surface area is 82.7 Å². The summed E-state index contributed by atoms with van der Waals surface area (Å²) in [5.41, 5.74) is 2.01. The molecule has 1 nitrogen and oxygen atoms in total. The van der Waals surface area contributed by atoms with Gasteiger partial charge in [0, 0.05) is 5.56 Å². The van der Waals surface area contributed by atoms with Crippen molar-refractivity contribution in [2.45, 2.75) is 18.8 Å². The van der Waals surface area contributed by atoms with Gasteiger partial charge in [0.2, 0.25) is 0 Å². The fourth-order valence-electron chi connectivity index (χ4n) is 1.57. The van der Waals surface area contributed by atoms with Crippen molar-refractivity contribution in [1.82, 2.24) is 0 Å². The highest BCUT2D eigenvalue weighted by Gasteiger charge is 2.27. The van der Waals surface area contributed by atoms with Crippen LogP contribution in [0.25, 0.3) is 0 Å². The zero-order valence-electron chi connectivity index (χ0n) is 7.29. The molecule has 2 rings (SSSR count). The maximum atomic E-state index is 11.4. The first-order valence-corrected chi connectivity index (χ1v) is 5.04. The van der Waals surface area contributed by atoms with Crippen molar-refractivity contribution in [2.24, 2.45) is 0 Å². The fourth-order valence-corrected chi connectivity index (χ4v) is 1.72. The Hall–Kier alpha value is -0.820. The van der Waals surface area contributed by atoms with Gasteiger partial charge >= 0.3 is 0 Å². The van der Waals surface area contributed by atoms with Crippen LogP contribution in [0.5, 0.6) is 0 Å². The monoisotopic (exact) mass is 194 g/mol. The Kier molecular flexibility index (Phi) is 2.36. The van der Waals surface area contributed by atoms with Gasteiger partial charge in [-0.15, -0.1) is 11.6 Å². The minimum Gasteiger partial charge on any atom is -0.293 e. The summed E-state index contributed by atoms with van der Waals surface area (Å²) in [7, 11) is 0. The van der Waals surface area contributed by atoms with E-state index in [1.807, 2.05) is 24.3 Å². The molecule has 1 saturated carbocycles. The van der Waals surface area contributed by atoms with Gasteiger partial charge in [0.05, 0.1) is 5.88 Å². The molecule has 0 aromatic heterocycles. The highest BCUT2D eigenvalue weighted by Crippen LogP contribution is 2.41. The molecule has 0 atom stereocenters. The summed E-state index contributed by atoms with van der Waals surface area (Å²) in [4.78, 5) is 11.4. The van der Waals surface area contributed by atoms with Gasteiger partial charge in [-0.1, -0.05) is 24.3 Å². The zero-order valence-corrected chi connectivity index (χ0v) is 8.05. The van der Waals surface area contributed by atoms with Gasteiger partial charge < -0.3 is 0 Å². The van der Waals surface area contributed by atoms with Crippen LogP contribution < -0.4 is 0 Å². The first kappa shape index (κ1) is 8.76. The average Bonchev–Trinajstić information content (AvgIpc) is 3.00. The summed E-state index contributed by atoms with van der Waals surface area (Å²) in [5.74, 6) is 0.747. The molecule has 0 saturated heterocycles. The molecule has 0 spiro atoms. The van der Waals surface area contributed by atoms with Crippen LogP contribution in [0.3, 0.4) is 0 Å². The van der Waals surface area contributed by atoms with E-state index >= 15 is 0 Å². The molecule has 13 heavy (non-hydrogen) atoms. The van der Waals surface area contributed by atoms with E-state index in [1.54, 1.807) is 0 Å². The van der Waals surface area contributed by atoms with Crippen LogP contribution in [0.2, 0.25) is 0 Å². The van der Waals surface area contributed by atoms with Gasteiger partial charge in [0.1, 0.15) is 0 Å². The fraction of sp³-hybridized carbons (Fsp3) is 0.364. The molecule has 0 bridgehead atoms. The third kappa shape index (κ3) is 1.75. The largest absolute Gasteiger partial charge is 0.293 e. The molecule has 0 N–H and O–H groups in total. The Morgan fingerprint density at radius 3 is 2.69 bits per heavy atom. The molecule has 0 aliphatic heterocycles. The van der Waals surface area contributed by atoms with Gasteiger partial charge in [-0.25, -0.2) is 0 Å². The standard InChI is InChI=1S/C11H11ClO/c12-7-11(13)10-4-2-1-3-9(10)8-5-6-8/h1-4,8H,5-7H2. The summed E-state index contributed by atoms with van der Waals surface area (Å²) >= 11 is 5.53. The number of ketones is 1. The van der Waals surface area contributed by atoms with Crippen LogP contribution in [0.1, 0.15) is 34.7 Å². The number of carbonyl (C=O) groups excluding carboxylic acids is 1. The lowest BCUT2D eigenvalue weighted by atomic mass is 10.0. The predicted octanol–water partition coefficient (Wildman–Crippen LogP) is 2.99. The lowest BCUT2D eigenvalue weighted by Crippen LogP contribution is -2.03. The summed E-state index contributed by atoms with van der Waals surface area (Å²) in [5, 5.41) is 0. The quantitative estimate of drug-likeness (QED) is 0.534. The zero-order chi connectivity index (χ0) is 9.26. The number of hydrogen-bond donors (Lipinski definition) is 0. The number of carbonyl (C=O) groups is 1. The minimum absolute atomic E-state index is 0.0455. The molecule has 0 heterocycles. The van der Waals surface area contributed by atoms with Crippen LogP contribution in [0.15, 0.2) is 24.3 Å². The molecule has 1 aliphatic carbocycles. The van der Waals surface area contributed by atoms with Crippen molar-refractivity contribution < 1.29 is 4.79 Å². The van der Waals surface area contributed by atoms with Crippen LogP contribution in [-0.2, 0) is 0 Å². The molecule has 0 unspecified atom stereocenters. The average molecular weight is 195 g/mol. The van der Waals surface area contributed by atoms with E-state index < -0.39 is 0 Å². The molecular formula is C11H11ClO. The molecule has 1 aromatic carbocycles. The summed E-state index contributed by atoms with van der Waals surface area (Å²) in [6.45, 7) is 0. The number of rotatable bonds is 3. The Morgan fingerprint density at radius 1 is 1.38 bits per heavy atom. The van der Waals surface area contributed by atoms with E-state index in [-0.39, 0.29) is 11.7 Å². The van der Waals surface area contributed by atoms with E-state index in [0.717, 1.165) is 5.56 Å². The number of alkyl halides is 1. The number of benzene rings is 1. The minimum atomic E-state index is 0.0455. The normalized spacial score (nSPS) is 15.8. The Bertz CT molecular complexity index is 329. The van der Waals surface area contributed by atoms with Crippen molar-refractivity contribution in [3.63, 3.8) is 0 Å². The number of halogens is 1. The first-order valence-electron chi connectivity index (χ1n) is 4.51. The van der Waals surface area contributed by atoms with E-state index in [1.165, 1.54) is 18.4 Å². The molecule has 0 radical (unpaired) electrons. The van der Waals surface area contributed by atoms with Crippen molar-refractivity contribution in [2.75, 3.05) is 5.88 Å². The topological polar surface area (TPSA) is 17.1 Å². The predicted molar refractivity (Wildman–Crippen MR) is 53.5 cm³/mol. The van der Waals surface area contributed by atoms with Crippen molar-refractivity contribution in [3.05, 3.63) is 35.4 Å². The Morgan fingerprint density at radius 2 is 2.08 bits per heavy atom. The van der Waals surface area contributed by atoms with E-state index in [0.29, 0.717) is 5.92 Å². The smallest absolute Gasteiger partial charge is 0.177 e. The van der Waals surface area contributed by atoms with E-state index in [2.05, 4.69) is 0 Å². The van der Waals surface area contributed by atoms with Crippen LogP contribution in [0, 0.1) is 0 Å². The third-order valence-corrected chi connectivity index (χ3v) is 2.64. The van der Waals surface area contributed by atoms with Gasteiger partial charge in [-0.3, -0.25) is 4.79 Å². The third-order valence-electron chi connectivity index (χ3n) is 2.40. The highest BCUT2D eigenvalue weighted by atomic mass is 35.5. The molecule has 1 aromatic rings. The van der Waals surface area contributed by atoms with Gasteiger partial charge in [0.15, 0.2) is 5.78 Å². The van der Waals surface area contributed by atoms with Gasteiger partial charge in [0.25, 0.3) is 0 Å². The van der Waals surface area contributed by atoms with Crippen molar-refractivity contribution in [1.29, 1.82) is 0 Å². The number of Topliss-reactive ketones (excluding diaryl/α,β-unsaturated/α-hetero) is 1. The van der Waals surface area contributed by atoms with Crippen molar-refractivity contribution in [3.8, 4) is 0 Å². The summed E-state index contributed by atoms with van der Waals surface area (Å²) in [6.07, 6.45) is 2.43. The maximum absolute atomic E-state index is 11.4. The van der Waals surface area contributed by atoms with Crippen LogP contribution in [0.4, 0.5) is 0 Å². The molecule has 0 amide bonds. The maximum Gasteiger partial charge on any atom is 0.177 e. The molecule has 2 heteroatoms. The summed E-state index contributed by atoms with van der Waals surface area (Å²) in [6, 6.07) is 7.79. The SMILES string of the molecule is O=C(CCl)c1ccccc1C1CC1. The number of hydrogen-bond acceptors (Lipinski definition) is 1. The summed E-state index contributed by atoms with van der Waals surface area (Å²) < 4.78 is 0. The highest BCUT2D eigenvalue weighted by molar-refractivity contribution is 6.30.